The predicted octanol–water partition coefficient (Wildman–Crippen LogP) is 3.11. The molecular weight excluding hydrogens is 264 g/mol. The Morgan fingerprint density at radius 3 is 2.10 bits per heavy atom. The first-order valence-corrected chi connectivity index (χ1v) is 8.14. The number of hydrogen-bond donors (Lipinski definition) is 1. The molecule has 0 saturated carbocycles. The van der Waals surface area contributed by atoms with Crippen LogP contribution in [0.3, 0.4) is 0 Å². The molecule has 0 aliphatic carbocycles. The van der Waals surface area contributed by atoms with Crippen molar-refractivity contribution < 1.29 is 9.59 Å². The van der Waals surface area contributed by atoms with Crippen LogP contribution < -0.4 is 5.32 Å². The van der Waals surface area contributed by atoms with E-state index in [9.17, 15) is 9.59 Å². The van der Waals surface area contributed by atoms with Crippen LogP contribution in [0.15, 0.2) is 0 Å². The van der Waals surface area contributed by atoms with E-state index in [0.29, 0.717) is 6.42 Å². The Morgan fingerprint density at radius 2 is 1.67 bits per heavy atom. The van der Waals surface area contributed by atoms with E-state index in [4.69, 9.17) is 0 Å². The van der Waals surface area contributed by atoms with E-state index in [2.05, 4.69) is 39.9 Å². The molecule has 1 heterocycles. The van der Waals surface area contributed by atoms with Crippen LogP contribution in [0.2, 0.25) is 0 Å². The van der Waals surface area contributed by atoms with Crippen molar-refractivity contribution in [3.63, 3.8) is 0 Å². The molecule has 0 bridgehead atoms. The quantitative estimate of drug-likeness (QED) is 0.766. The highest BCUT2D eigenvalue weighted by Gasteiger charge is 2.43. The van der Waals surface area contributed by atoms with Crippen molar-refractivity contribution in [2.24, 2.45) is 5.41 Å². The van der Waals surface area contributed by atoms with Gasteiger partial charge in [-0.25, -0.2) is 0 Å². The molecule has 1 unspecified atom stereocenters. The second-order valence-corrected chi connectivity index (χ2v) is 8.09. The molecule has 1 atom stereocenters. The fourth-order valence-corrected chi connectivity index (χ4v) is 3.65. The summed E-state index contributed by atoms with van der Waals surface area (Å²) in [4.78, 5) is 26.2. The third kappa shape index (κ3) is 4.80. The van der Waals surface area contributed by atoms with E-state index in [1.54, 1.807) is 0 Å². The van der Waals surface area contributed by atoms with Crippen molar-refractivity contribution in [2.45, 2.75) is 91.8 Å². The van der Waals surface area contributed by atoms with Crippen molar-refractivity contribution in [1.82, 2.24) is 10.2 Å². The molecule has 2 amide bonds. The van der Waals surface area contributed by atoms with Gasteiger partial charge >= 0.3 is 0 Å². The Morgan fingerprint density at radius 1 is 1.14 bits per heavy atom. The summed E-state index contributed by atoms with van der Waals surface area (Å²) in [6.45, 7) is 14.8. The predicted molar refractivity (Wildman–Crippen MR) is 85.9 cm³/mol. The molecule has 0 radical (unpaired) electrons. The van der Waals surface area contributed by atoms with Gasteiger partial charge in [0.1, 0.15) is 0 Å². The van der Waals surface area contributed by atoms with Crippen LogP contribution in [0.25, 0.3) is 0 Å². The fourth-order valence-electron chi connectivity index (χ4n) is 3.65. The maximum absolute atomic E-state index is 12.6. The zero-order valence-electron chi connectivity index (χ0n) is 14.7. The van der Waals surface area contributed by atoms with Crippen molar-refractivity contribution >= 4 is 11.8 Å². The maximum atomic E-state index is 12.6. The van der Waals surface area contributed by atoms with Gasteiger partial charge in [0.15, 0.2) is 0 Å². The van der Waals surface area contributed by atoms with Gasteiger partial charge in [0.2, 0.25) is 11.8 Å². The molecule has 4 heteroatoms. The molecule has 1 aliphatic rings. The minimum Gasteiger partial charge on any atom is -0.300 e. The van der Waals surface area contributed by atoms with Gasteiger partial charge in [0.05, 0.1) is 12.5 Å². The summed E-state index contributed by atoms with van der Waals surface area (Å²) in [6, 6.07) is -0.321. The molecule has 1 N–H and O–H groups in total. The lowest BCUT2D eigenvalue weighted by atomic mass is 9.81. The number of carbonyl (C=O) groups excluding carboxylic acids is 2. The van der Waals surface area contributed by atoms with E-state index < -0.39 is 0 Å². The Bertz CT molecular complexity index is 392. The number of imide groups is 1. The number of nitrogens with one attached hydrogen (secondary N) is 1. The first-order valence-electron chi connectivity index (χ1n) is 8.14. The molecule has 4 nitrogen and oxygen atoms in total. The van der Waals surface area contributed by atoms with Crippen LogP contribution in [0.5, 0.6) is 0 Å². The van der Waals surface area contributed by atoms with Crippen LogP contribution in [-0.4, -0.2) is 34.3 Å². The van der Waals surface area contributed by atoms with Gasteiger partial charge < -0.3 is 5.32 Å². The lowest BCUT2D eigenvalue weighted by Crippen LogP contribution is -2.51. The molecule has 0 aromatic heterocycles. The topological polar surface area (TPSA) is 49.4 Å². The minimum atomic E-state index is -0.365. The summed E-state index contributed by atoms with van der Waals surface area (Å²) in [5.74, 6) is -0.0755. The maximum Gasteiger partial charge on any atom is 0.247 e. The monoisotopic (exact) mass is 296 g/mol. The first-order chi connectivity index (χ1) is 9.50. The number of amides is 2. The lowest BCUT2D eigenvalue weighted by Gasteiger charge is -2.35. The molecule has 122 valence electrons. The zero-order chi connectivity index (χ0) is 16.4. The van der Waals surface area contributed by atoms with Gasteiger partial charge in [-0.1, -0.05) is 34.6 Å². The molecular formula is C17H32N2O2. The first kappa shape index (κ1) is 18.1. The van der Waals surface area contributed by atoms with Crippen molar-refractivity contribution in [2.75, 3.05) is 0 Å². The van der Waals surface area contributed by atoms with Gasteiger partial charge in [-0.05, 0) is 38.5 Å². The fraction of sp³-hybridized carbons (Fsp3) is 0.882. The summed E-state index contributed by atoms with van der Waals surface area (Å²) in [7, 11) is 0. The van der Waals surface area contributed by atoms with Crippen molar-refractivity contribution in [3.05, 3.63) is 0 Å². The molecule has 0 aromatic rings. The third-order valence-corrected chi connectivity index (χ3v) is 4.03. The highest BCUT2D eigenvalue weighted by Crippen LogP contribution is 2.29. The Hall–Kier alpha value is -0.900. The van der Waals surface area contributed by atoms with Gasteiger partial charge in [-0.15, -0.1) is 0 Å². The van der Waals surface area contributed by atoms with Gasteiger partial charge in [-0.2, -0.15) is 0 Å². The summed E-state index contributed by atoms with van der Waals surface area (Å²) in [5, 5.41) is 3.41. The summed E-state index contributed by atoms with van der Waals surface area (Å²) >= 11 is 0. The average molecular weight is 296 g/mol. The number of hydrogen-bond acceptors (Lipinski definition) is 3. The van der Waals surface area contributed by atoms with Crippen LogP contribution in [-0.2, 0) is 9.59 Å². The second-order valence-electron chi connectivity index (χ2n) is 8.09. The molecule has 1 fully saturated rings. The van der Waals surface area contributed by atoms with Gasteiger partial charge in [0.25, 0.3) is 0 Å². The second kappa shape index (κ2) is 6.47. The van der Waals surface area contributed by atoms with Crippen molar-refractivity contribution in [3.8, 4) is 0 Å². The zero-order valence-corrected chi connectivity index (χ0v) is 14.7. The average Bonchev–Trinajstić information content (AvgIpc) is 2.54. The molecule has 1 saturated heterocycles. The lowest BCUT2D eigenvalue weighted by molar-refractivity contribution is -0.141. The SMILES string of the molecule is CCC(CC)N1C(=O)CC(NC(C)(C)CC(C)(C)C)C1=O. The van der Waals surface area contributed by atoms with E-state index >= 15 is 0 Å². The Kier molecular flexibility index (Phi) is 5.59. The molecule has 0 aromatic carbocycles. The van der Waals surface area contributed by atoms with Crippen LogP contribution in [0.4, 0.5) is 0 Å². The number of rotatable bonds is 6. The van der Waals surface area contributed by atoms with Crippen molar-refractivity contribution in [1.29, 1.82) is 0 Å². The Balaban J connectivity index is 2.79. The number of carbonyl (C=O) groups is 2. The minimum absolute atomic E-state index is 0.0299. The Labute approximate surface area is 129 Å². The van der Waals surface area contributed by atoms with E-state index in [1.807, 2.05) is 13.8 Å². The summed E-state index contributed by atoms with van der Waals surface area (Å²) < 4.78 is 0. The van der Waals surface area contributed by atoms with Crippen LogP contribution in [0, 0.1) is 5.41 Å². The molecule has 1 aliphatic heterocycles. The van der Waals surface area contributed by atoms with E-state index in [0.717, 1.165) is 19.3 Å². The molecule has 21 heavy (non-hydrogen) atoms. The normalized spacial score (nSPS) is 20.8. The van der Waals surface area contributed by atoms with Gasteiger partial charge in [0, 0.05) is 11.6 Å². The van der Waals surface area contributed by atoms with E-state index in [1.165, 1.54) is 4.90 Å². The largest absolute Gasteiger partial charge is 0.300 e. The third-order valence-electron chi connectivity index (χ3n) is 4.03. The highest BCUT2D eigenvalue weighted by molar-refractivity contribution is 6.05. The van der Waals surface area contributed by atoms with Gasteiger partial charge in [-0.3, -0.25) is 14.5 Å². The highest BCUT2D eigenvalue weighted by atomic mass is 16.2. The molecule has 0 spiro atoms. The summed E-state index contributed by atoms with van der Waals surface area (Å²) in [5.41, 5.74) is 0.0139. The number of nitrogens with zero attached hydrogens (tertiary/aromatic N) is 1. The summed E-state index contributed by atoms with van der Waals surface area (Å²) in [6.07, 6.45) is 2.89. The van der Waals surface area contributed by atoms with Crippen LogP contribution >= 0.6 is 0 Å². The van der Waals surface area contributed by atoms with Crippen LogP contribution in [0.1, 0.15) is 74.1 Å². The standard InChI is InChI=1S/C17H32N2O2/c1-8-12(9-2)19-14(20)10-13(15(19)21)18-17(6,7)11-16(3,4)5/h12-13,18H,8-11H2,1-7H3. The molecule has 1 rings (SSSR count). The van der Waals surface area contributed by atoms with E-state index in [-0.39, 0.29) is 34.9 Å². The smallest absolute Gasteiger partial charge is 0.247 e. The number of likely N-dealkylation sites (tertiary alicyclic amines) is 1.